The molecule has 2 aromatic rings. The van der Waals surface area contributed by atoms with E-state index in [1.165, 1.54) is 0 Å². The molecule has 0 unspecified atom stereocenters. The summed E-state index contributed by atoms with van der Waals surface area (Å²) in [6, 6.07) is 3.71. The van der Waals surface area contributed by atoms with Crippen LogP contribution in [0.2, 0.25) is 0 Å². The third-order valence-corrected chi connectivity index (χ3v) is 2.47. The van der Waals surface area contributed by atoms with E-state index in [0.717, 1.165) is 17.0 Å². The zero-order valence-electron chi connectivity index (χ0n) is 9.43. The number of hydrogen-bond acceptors (Lipinski definition) is 4. The van der Waals surface area contributed by atoms with E-state index < -0.39 is 0 Å². The first-order valence-corrected chi connectivity index (χ1v) is 5.06. The normalized spacial score (nSPS) is 10.9. The molecule has 0 aromatic carbocycles. The zero-order valence-corrected chi connectivity index (χ0v) is 9.43. The minimum absolute atomic E-state index is 0.445. The number of aromatic nitrogens is 2. The van der Waals surface area contributed by atoms with Gasteiger partial charge in [0.15, 0.2) is 0 Å². The average Bonchev–Trinajstić information content (AvgIpc) is 2.82. The van der Waals surface area contributed by atoms with Crippen molar-refractivity contribution >= 4 is 5.82 Å². The fourth-order valence-corrected chi connectivity index (χ4v) is 1.55. The van der Waals surface area contributed by atoms with Gasteiger partial charge in [-0.2, -0.15) is 5.10 Å². The summed E-state index contributed by atoms with van der Waals surface area (Å²) in [6.07, 6.45) is 1.63. The number of nitrogens with zero attached hydrogens (tertiary/aromatic N) is 2. The van der Waals surface area contributed by atoms with Crippen LogP contribution < -0.4 is 5.73 Å². The van der Waals surface area contributed by atoms with Crippen molar-refractivity contribution in [3.63, 3.8) is 0 Å². The molecule has 0 amide bonds. The van der Waals surface area contributed by atoms with Gasteiger partial charge in [0.25, 0.3) is 0 Å². The molecule has 0 aliphatic rings. The van der Waals surface area contributed by atoms with Crippen molar-refractivity contribution in [3.05, 3.63) is 35.4 Å². The summed E-state index contributed by atoms with van der Waals surface area (Å²) in [5.74, 6) is 1.46. The maximum absolute atomic E-state index is 5.86. The van der Waals surface area contributed by atoms with E-state index in [-0.39, 0.29) is 0 Å². The third-order valence-electron chi connectivity index (χ3n) is 2.47. The predicted molar refractivity (Wildman–Crippen MR) is 59.6 cm³/mol. The molecule has 0 bridgehead atoms. The van der Waals surface area contributed by atoms with Crippen LogP contribution in [0.15, 0.2) is 22.8 Å². The molecule has 0 fully saturated rings. The van der Waals surface area contributed by atoms with Crippen LogP contribution in [-0.4, -0.2) is 9.78 Å². The molecule has 2 heterocycles. The van der Waals surface area contributed by atoms with Crippen molar-refractivity contribution in [2.24, 2.45) is 7.05 Å². The molecular weight excluding hydrogens is 206 g/mol. The van der Waals surface area contributed by atoms with E-state index in [4.69, 9.17) is 14.9 Å². The van der Waals surface area contributed by atoms with Gasteiger partial charge in [-0.1, -0.05) is 0 Å². The monoisotopic (exact) mass is 221 g/mol. The largest absolute Gasteiger partial charge is 0.467 e. The Morgan fingerprint density at radius 2 is 2.31 bits per heavy atom. The predicted octanol–water partition coefficient (Wildman–Crippen LogP) is 1.62. The van der Waals surface area contributed by atoms with Crippen LogP contribution in [0.4, 0.5) is 5.82 Å². The molecule has 0 aliphatic heterocycles. The molecule has 0 radical (unpaired) electrons. The summed E-state index contributed by atoms with van der Waals surface area (Å²) in [6.45, 7) is 2.81. The first-order chi connectivity index (χ1) is 7.68. The highest BCUT2D eigenvalue weighted by Gasteiger charge is 2.10. The summed E-state index contributed by atoms with van der Waals surface area (Å²) in [4.78, 5) is 0. The Morgan fingerprint density at radius 1 is 1.50 bits per heavy atom. The molecule has 2 aromatic heterocycles. The van der Waals surface area contributed by atoms with Crippen molar-refractivity contribution in [1.29, 1.82) is 0 Å². The summed E-state index contributed by atoms with van der Waals surface area (Å²) in [5.41, 5.74) is 7.70. The number of rotatable bonds is 4. The Kier molecular flexibility index (Phi) is 2.96. The standard InChI is InChI=1S/C11H15N3O2/c1-8-10(11(12)14(2)13-8)7-15-6-9-4-3-5-16-9/h3-5H,6-7,12H2,1-2H3. The Bertz CT molecular complexity index is 460. The highest BCUT2D eigenvalue weighted by Crippen LogP contribution is 2.16. The van der Waals surface area contributed by atoms with Crippen LogP contribution in [0.1, 0.15) is 17.0 Å². The number of anilines is 1. The van der Waals surface area contributed by atoms with Gasteiger partial charge >= 0.3 is 0 Å². The summed E-state index contributed by atoms with van der Waals surface area (Å²) < 4.78 is 12.3. The van der Waals surface area contributed by atoms with Gasteiger partial charge in [0.2, 0.25) is 0 Å². The smallest absolute Gasteiger partial charge is 0.129 e. The third kappa shape index (κ3) is 2.09. The van der Waals surface area contributed by atoms with Crippen molar-refractivity contribution in [2.45, 2.75) is 20.1 Å². The SMILES string of the molecule is Cc1nn(C)c(N)c1COCc1ccco1. The lowest BCUT2D eigenvalue weighted by Gasteiger charge is -2.02. The van der Waals surface area contributed by atoms with E-state index in [1.54, 1.807) is 10.9 Å². The Balaban J connectivity index is 1.95. The molecular formula is C11H15N3O2. The minimum Gasteiger partial charge on any atom is -0.467 e. The van der Waals surface area contributed by atoms with E-state index in [0.29, 0.717) is 19.0 Å². The quantitative estimate of drug-likeness (QED) is 0.852. The van der Waals surface area contributed by atoms with Crippen LogP contribution in [0.5, 0.6) is 0 Å². The summed E-state index contributed by atoms with van der Waals surface area (Å²) in [7, 11) is 1.82. The number of nitrogen functional groups attached to an aromatic ring is 1. The van der Waals surface area contributed by atoms with Crippen molar-refractivity contribution in [2.75, 3.05) is 5.73 Å². The van der Waals surface area contributed by atoms with E-state index in [9.17, 15) is 0 Å². The highest BCUT2D eigenvalue weighted by atomic mass is 16.5. The maximum atomic E-state index is 5.86. The molecule has 16 heavy (non-hydrogen) atoms. The number of hydrogen-bond donors (Lipinski definition) is 1. The second-order valence-electron chi connectivity index (χ2n) is 3.64. The Morgan fingerprint density at radius 3 is 2.88 bits per heavy atom. The van der Waals surface area contributed by atoms with Gasteiger partial charge < -0.3 is 14.9 Å². The summed E-state index contributed by atoms with van der Waals surface area (Å²) >= 11 is 0. The second-order valence-corrected chi connectivity index (χ2v) is 3.64. The molecule has 0 aliphatic carbocycles. The van der Waals surface area contributed by atoms with Gasteiger partial charge in [-0.3, -0.25) is 4.68 Å². The molecule has 0 atom stereocenters. The van der Waals surface area contributed by atoms with Crippen LogP contribution in [0.3, 0.4) is 0 Å². The van der Waals surface area contributed by atoms with Gasteiger partial charge in [0, 0.05) is 12.6 Å². The van der Waals surface area contributed by atoms with Crippen molar-refractivity contribution in [3.8, 4) is 0 Å². The topological polar surface area (TPSA) is 66.2 Å². The van der Waals surface area contributed by atoms with Gasteiger partial charge in [0.1, 0.15) is 18.2 Å². The van der Waals surface area contributed by atoms with E-state index >= 15 is 0 Å². The van der Waals surface area contributed by atoms with Gasteiger partial charge in [-0.25, -0.2) is 0 Å². The lowest BCUT2D eigenvalue weighted by Crippen LogP contribution is -2.01. The fraction of sp³-hybridized carbons (Fsp3) is 0.364. The molecule has 0 saturated heterocycles. The molecule has 5 nitrogen and oxygen atoms in total. The molecule has 86 valence electrons. The fourth-order valence-electron chi connectivity index (χ4n) is 1.55. The maximum Gasteiger partial charge on any atom is 0.129 e. The van der Waals surface area contributed by atoms with Gasteiger partial charge in [-0.05, 0) is 19.1 Å². The van der Waals surface area contributed by atoms with Crippen LogP contribution in [-0.2, 0) is 25.0 Å². The van der Waals surface area contributed by atoms with Gasteiger partial charge in [-0.15, -0.1) is 0 Å². The number of furan rings is 1. The molecule has 5 heteroatoms. The first-order valence-electron chi connectivity index (χ1n) is 5.06. The van der Waals surface area contributed by atoms with Crippen LogP contribution >= 0.6 is 0 Å². The Labute approximate surface area is 93.8 Å². The average molecular weight is 221 g/mol. The van der Waals surface area contributed by atoms with Crippen LogP contribution in [0, 0.1) is 6.92 Å². The lowest BCUT2D eigenvalue weighted by atomic mass is 10.2. The van der Waals surface area contributed by atoms with Crippen molar-refractivity contribution < 1.29 is 9.15 Å². The van der Waals surface area contributed by atoms with E-state index in [2.05, 4.69) is 5.10 Å². The van der Waals surface area contributed by atoms with Crippen LogP contribution in [0.25, 0.3) is 0 Å². The van der Waals surface area contributed by atoms with E-state index in [1.807, 2.05) is 26.1 Å². The number of nitrogens with two attached hydrogens (primary N) is 1. The lowest BCUT2D eigenvalue weighted by molar-refractivity contribution is 0.0929. The molecule has 2 N–H and O–H groups in total. The number of ether oxygens (including phenoxy) is 1. The highest BCUT2D eigenvalue weighted by molar-refractivity contribution is 5.42. The zero-order chi connectivity index (χ0) is 11.5. The Hall–Kier alpha value is -1.75. The summed E-state index contributed by atoms with van der Waals surface area (Å²) in [5, 5.41) is 4.21. The second kappa shape index (κ2) is 4.40. The minimum atomic E-state index is 0.445. The van der Waals surface area contributed by atoms with Gasteiger partial charge in [0.05, 0.1) is 18.6 Å². The molecule has 2 rings (SSSR count). The number of aryl methyl sites for hydroxylation is 2. The van der Waals surface area contributed by atoms with Crippen molar-refractivity contribution in [1.82, 2.24) is 9.78 Å². The first kappa shape index (κ1) is 10.8. The molecule has 0 spiro atoms. The molecule has 0 saturated carbocycles.